The van der Waals surface area contributed by atoms with E-state index in [0.29, 0.717) is 31.6 Å². The van der Waals surface area contributed by atoms with Crippen LogP contribution < -0.4 is 4.74 Å². The quantitative estimate of drug-likeness (QED) is 0.419. The molecule has 0 unspecified atom stereocenters. The number of carbonyl (C=O) groups excluding carboxylic acids is 1. The van der Waals surface area contributed by atoms with Crippen LogP contribution in [0.4, 0.5) is 0 Å². The first-order valence-electron chi connectivity index (χ1n) is 10.3. The Kier molecular flexibility index (Phi) is 7.79. The molecule has 0 aromatic heterocycles. The first kappa shape index (κ1) is 22.2. The number of carboxylic acid groups (broad SMARTS) is 1. The number of ether oxygens (including phenoxy) is 2. The molecule has 0 amide bonds. The molecule has 2 aliphatic rings. The molecule has 0 radical (unpaired) electrons. The third-order valence-corrected chi connectivity index (χ3v) is 5.49. The highest BCUT2D eigenvalue weighted by Gasteiger charge is 2.39. The third kappa shape index (κ3) is 5.78. The Hall–Kier alpha value is -2.48. The number of benzene rings is 1. The van der Waals surface area contributed by atoms with Gasteiger partial charge in [-0.25, -0.2) is 0 Å². The lowest BCUT2D eigenvalue weighted by atomic mass is 9.90. The van der Waals surface area contributed by atoms with Crippen molar-refractivity contribution in [2.45, 2.75) is 57.2 Å². The average molecular weight is 416 g/mol. The van der Waals surface area contributed by atoms with Gasteiger partial charge in [-0.2, -0.15) is 0 Å². The molecular formula is C23H28O7. The Labute approximate surface area is 175 Å². The highest BCUT2D eigenvalue weighted by Crippen LogP contribution is 2.34. The Morgan fingerprint density at radius 2 is 2.07 bits per heavy atom. The molecular weight excluding hydrogens is 388 g/mol. The second-order valence-electron chi connectivity index (χ2n) is 7.70. The number of para-hydroxylation sites is 1. The fourth-order valence-electron chi connectivity index (χ4n) is 3.83. The van der Waals surface area contributed by atoms with E-state index in [4.69, 9.17) is 14.6 Å². The lowest BCUT2D eigenvalue weighted by Crippen LogP contribution is -2.36. The number of fused-ring (bicyclic) bond motifs is 1. The predicted octanol–water partition coefficient (Wildman–Crippen LogP) is 2.61. The van der Waals surface area contributed by atoms with E-state index in [1.165, 1.54) is 6.08 Å². The van der Waals surface area contributed by atoms with Gasteiger partial charge in [-0.15, -0.1) is 0 Å². The Morgan fingerprint density at radius 1 is 1.27 bits per heavy atom. The number of hydrogen-bond acceptors (Lipinski definition) is 6. The largest absolute Gasteiger partial charge is 0.481 e. The number of hydrogen-bond donors (Lipinski definition) is 3. The first-order chi connectivity index (χ1) is 14.5. The van der Waals surface area contributed by atoms with Crippen molar-refractivity contribution in [1.82, 2.24) is 0 Å². The summed E-state index contributed by atoms with van der Waals surface area (Å²) < 4.78 is 11.3. The standard InChI is InChI=1S/C23H28O7/c24-18(23-29-14-15-7-5-6-9-21(15)30-23)12-11-17-16(19(25)13-20(17)26)8-3-1-2-4-10-22(27)28/h1,3,5-7,9,11-12,16-19,23-25H,2,4,8,10,13-14H2,(H,27,28)/t16-,17-,18-,19+,23-/m1/s1. The maximum Gasteiger partial charge on any atom is 0.303 e. The van der Waals surface area contributed by atoms with Crippen LogP contribution in [0.15, 0.2) is 48.6 Å². The molecule has 3 N–H and O–H groups in total. The molecule has 1 fully saturated rings. The molecule has 1 aromatic carbocycles. The third-order valence-electron chi connectivity index (χ3n) is 5.49. The normalized spacial score (nSPS) is 27.3. The van der Waals surface area contributed by atoms with Gasteiger partial charge in [-0.3, -0.25) is 9.59 Å². The minimum Gasteiger partial charge on any atom is -0.481 e. The summed E-state index contributed by atoms with van der Waals surface area (Å²) in [5.74, 6) is -0.983. The average Bonchev–Trinajstić information content (AvgIpc) is 3.00. The highest BCUT2D eigenvalue weighted by atomic mass is 16.7. The van der Waals surface area contributed by atoms with E-state index in [1.54, 1.807) is 6.08 Å². The second-order valence-corrected chi connectivity index (χ2v) is 7.70. The molecule has 3 rings (SSSR count). The van der Waals surface area contributed by atoms with Crippen LogP contribution >= 0.6 is 0 Å². The van der Waals surface area contributed by atoms with Crippen molar-refractivity contribution in [2.24, 2.45) is 11.8 Å². The molecule has 30 heavy (non-hydrogen) atoms. The van der Waals surface area contributed by atoms with E-state index < -0.39 is 30.4 Å². The van der Waals surface area contributed by atoms with Crippen LogP contribution in [-0.4, -0.2) is 45.6 Å². The number of rotatable bonds is 9. The van der Waals surface area contributed by atoms with Gasteiger partial charge in [0.15, 0.2) is 0 Å². The van der Waals surface area contributed by atoms with E-state index in [0.717, 1.165) is 5.56 Å². The molecule has 1 saturated carbocycles. The number of aliphatic hydroxyl groups excluding tert-OH is 2. The molecule has 0 saturated heterocycles. The Morgan fingerprint density at radius 3 is 2.87 bits per heavy atom. The number of allylic oxidation sites excluding steroid dienone is 3. The van der Waals surface area contributed by atoms with E-state index in [1.807, 2.05) is 36.4 Å². The van der Waals surface area contributed by atoms with Crippen LogP contribution in [0.5, 0.6) is 5.75 Å². The van der Waals surface area contributed by atoms with Crippen LogP contribution in [0, 0.1) is 11.8 Å². The fraction of sp³-hybridized carbons (Fsp3) is 0.478. The van der Waals surface area contributed by atoms with Crippen molar-refractivity contribution >= 4 is 11.8 Å². The summed E-state index contributed by atoms with van der Waals surface area (Å²) in [6.45, 7) is 0.335. The van der Waals surface area contributed by atoms with Crippen molar-refractivity contribution in [3.63, 3.8) is 0 Å². The maximum atomic E-state index is 12.3. The van der Waals surface area contributed by atoms with Gasteiger partial charge in [-0.05, 0) is 25.3 Å². The second kappa shape index (κ2) is 10.5. The zero-order chi connectivity index (χ0) is 21.5. The minimum atomic E-state index is -1.05. The van der Waals surface area contributed by atoms with Gasteiger partial charge in [0.25, 0.3) is 0 Å². The Balaban J connectivity index is 1.55. The molecule has 0 bridgehead atoms. The number of carbonyl (C=O) groups is 2. The van der Waals surface area contributed by atoms with Crippen LogP contribution in [0.3, 0.4) is 0 Å². The predicted molar refractivity (Wildman–Crippen MR) is 109 cm³/mol. The van der Waals surface area contributed by atoms with Crippen molar-refractivity contribution in [3.8, 4) is 5.75 Å². The van der Waals surface area contributed by atoms with Gasteiger partial charge >= 0.3 is 5.97 Å². The molecule has 1 aliphatic carbocycles. The van der Waals surface area contributed by atoms with Gasteiger partial charge in [0.2, 0.25) is 6.29 Å². The molecule has 162 valence electrons. The van der Waals surface area contributed by atoms with Gasteiger partial charge in [-0.1, -0.05) is 42.5 Å². The summed E-state index contributed by atoms with van der Waals surface area (Å²) in [6, 6.07) is 7.45. The molecule has 1 heterocycles. The fourth-order valence-corrected chi connectivity index (χ4v) is 3.83. The lowest BCUT2D eigenvalue weighted by Gasteiger charge is -2.28. The Bertz CT molecular complexity index is 800. The van der Waals surface area contributed by atoms with Crippen molar-refractivity contribution < 1.29 is 34.4 Å². The number of unbranched alkanes of at least 4 members (excludes halogenated alkanes) is 1. The summed E-state index contributed by atoms with van der Waals surface area (Å²) in [4.78, 5) is 22.8. The SMILES string of the molecule is O=C(O)CCCC=CC[C@H]1[C@@H](O)CC(=O)[C@@H]1C=C[C@@H](O)[C@@H]1OCc2ccccc2O1. The molecule has 7 heteroatoms. The summed E-state index contributed by atoms with van der Waals surface area (Å²) in [5, 5.41) is 29.3. The number of carboxylic acids is 1. The summed E-state index contributed by atoms with van der Waals surface area (Å²) in [7, 11) is 0. The van der Waals surface area contributed by atoms with Gasteiger partial charge in [0.1, 0.15) is 17.6 Å². The molecule has 0 spiro atoms. The minimum absolute atomic E-state index is 0.0638. The highest BCUT2D eigenvalue weighted by molar-refractivity contribution is 5.86. The van der Waals surface area contributed by atoms with E-state index in [2.05, 4.69) is 0 Å². The van der Waals surface area contributed by atoms with Crippen molar-refractivity contribution in [3.05, 3.63) is 54.1 Å². The zero-order valence-corrected chi connectivity index (χ0v) is 16.7. The summed E-state index contributed by atoms with van der Waals surface area (Å²) in [5.41, 5.74) is 0.911. The molecule has 5 atom stereocenters. The topological polar surface area (TPSA) is 113 Å². The molecule has 1 aliphatic heterocycles. The van der Waals surface area contributed by atoms with E-state index >= 15 is 0 Å². The maximum absolute atomic E-state index is 12.3. The number of Topliss-reactive ketones (excluding diaryl/α,β-unsaturated/α-hetero) is 1. The smallest absolute Gasteiger partial charge is 0.303 e. The van der Waals surface area contributed by atoms with Crippen LogP contribution in [0.2, 0.25) is 0 Å². The van der Waals surface area contributed by atoms with E-state index in [-0.39, 0.29) is 24.5 Å². The van der Waals surface area contributed by atoms with Crippen molar-refractivity contribution in [1.29, 1.82) is 0 Å². The van der Waals surface area contributed by atoms with Crippen LogP contribution in [0.25, 0.3) is 0 Å². The summed E-state index contributed by atoms with van der Waals surface area (Å²) >= 11 is 0. The van der Waals surface area contributed by atoms with Gasteiger partial charge < -0.3 is 24.8 Å². The van der Waals surface area contributed by atoms with Gasteiger partial charge in [0, 0.05) is 30.2 Å². The van der Waals surface area contributed by atoms with Gasteiger partial charge in [0.05, 0.1) is 12.7 Å². The monoisotopic (exact) mass is 416 g/mol. The van der Waals surface area contributed by atoms with Crippen LogP contribution in [0.1, 0.15) is 37.7 Å². The number of ketones is 1. The van der Waals surface area contributed by atoms with Crippen LogP contribution in [-0.2, 0) is 20.9 Å². The zero-order valence-electron chi connectivity index (χ0n) is 16.7. The number of aliphatic hydroxyl groups is 2. The van der Waals surface area contributed by atoms with E-state index in [9.17, 15) is 19.8 Å². The lowest BCUT2D eigenvalue weighted by molar-refractivity contribution is -0.152. The number of aliphatic carboxylic acids is 1. The molecule has 7 nitrogen and oxygen atoms in total. The first-order valence-corrected chi connectivity index (χ1v) is 10.3. The molecule has 1 aromatic rings. The summed E-state index contributed by atoms with van der Waals surface area (Å²) in [6.07, 6.45) is 6.18. The van der Waals surface area contributed by atoms with Crippen molar-refractivity contribution in [2.75, 3.05) is 0 Å².